The summed E-state index contributed by atoms with van der Waals surface area (Å²) in [6, 6.07) is 1.61. The van der Waals surface area contributed by atoms with Gasteiger partial charge in [0, 0.05) is 12.5 Å². The van der Waals surface area contributed by atoms with Crippen LogP contribution in [0.1, 0.15) is 103 Å². The van der Waals surface area contributed by atoms with Crippen LogP contribution in [-0.2, 0) is 6.42 Å². The van der Waals surface area contributed by atoms with Crippen molar-refractivity contribution in [3.8, 4) is 5.88 Å². The maximum atomic E-state index is 9.06. The largest absolute Gasteiger partial charge is 0.491 e. The summed E-state index contributed by atoms with van der Waals surface area (Å²) in [7, 11) is 0. The lowest BCUT2D eigenvalue weighted by molar-refractivity contribution is 0.339. The molecule has 0 aliphatic carbocycles. The van der Waals surface area contributed by atoms with Crippen molar-refractivity contribution in [3.63, 3.8) is 0 Å². The minimum absolute atomic E-state index is 0.000337. The van der Waals surface area contributed by atoms with E-state index in [1.54, 1.807) is 6.07 Å². The molecule has 0 radical (unpaired) electrons. The molecule has 128 valence electrons. The SMILES string of the molecule is CCCCCCCCCCCCCCCCc1cc(O)no1. The number of rotatable bonds is 15. The molecule has 0 spiro atoms. The summed E-state index contributed by atoms with van der Waals surface area (Å²) in [4.78, 5) is 0. The van der Waals surface area contributed by atoms with Crippen LogP contribution >= 0.6 is 0 Å². The Bertz CT molecular complexity index is 349. The Kier molecular flexibility index (Phi) is 11.8. The van der Waals surface area contributed by atoms with Crippen molar-refractivity contribution in [3.05, 3.63) is 11.8 Å². The lowest BCUT2D eigenvalue weighted by Gasteiger charge is -2.03. The third-order valence-corrected chi connectivity index (χ3v) is 4.32. The molecule has 0 aromatic carbocycles. The molecule has 0 aliphatic heterocycles. The van der Waals surface area contributed by atoms with Crippen LogP contribution in [0.3, 0.4) is 0 Å². The third kappa shape index (κ3) is 10.7. The summed E-state index contributed by atoms with van der Waals surface area (Å²) in [6.07, 6.45) is 20.1. The zero-order valence-electron chi connectivity index (χ0n) is 14.5. The topological polar surface area (TPSA) is 46.3 Å². The van der Waals surface area contributed by atoms with Crippen LogP contribution in [0.5, 0.6) is 5.88 Å². The zero-order chi connectivity index (χ0) is 15.9. The number of hydrogen-bond acceptors (Lipinski definition) is 3. The molecule has 1 rings (SSSR count). The van der Waals surface area contributed by atoms with Crippen LogP contribution in [0.4, 0.5) is 0 Å². The second-order valence-corrected chi connectivity index (χ2v) is 6.50. The first-order valence-electron chi connectivity index (χ1n) is 9.47. The number of unbranched alkanes of at least 4 members (excludes halogenated alkanes) is 13. The van der Waals surface area contributed by atoms with Crippen molar-refractivity contribution >= 4 is 0 Å². The Hall–Kier alpha value is -0.990. The normalized spacial score (nSPS) is 11.1. The van der Waals surface area contributed by atoms with E-state index < -0.39 is 0 Å². The fraction of sp³-hybridized carbons (Fsp3) is 0.842. The first-order chi connectivity index (χ1) is 10.8. The highest BCUT2D eigenvalue weighted by molar-refractivity contribution is 5.08. The van der Waals surface area contributed by atoms with Crippen LogP contribution in [0.15, 0.2) is 10.6 Å². The summed E-state index contributed by atoms with van der Waals surface area (Å²) in [5.74, 6) is 0.803. The first-order valence-corrected chi connectivity index (χ1v) is 9.47. The lowest BCUT2D eigenvalue weighted by Crippen LogP contribution is -1.85. The maximum Gasteiger partial charge on any atom is 0.251 e. The highest BCUT2D eigenvalue weighted by Gasteiger charge is 2.01. The van der Waals surface area contributed by atoms with E-state index in [4.69, 9.17) is 9.63 Å². The average molecular weight is 309 g/mol. The van der Waals surface area contributed by atoms with Gasteiger partial charge < -0.3 is 9.63 Å². The number of nitrogens with zero attached hydrogens (tertiary/aromatic N) is 1. The van der Waals surface area contributed by atoms with Gasteiger partial charge in [0.05, 0.1) is 0 Å². The van der Waals surface area contributed by atoms with E-state index in [1.807, 2.05) is 0 Å². The lowest BCUT2D eigenvalue weighted by atomic mass is 10.0. The van der Waals surface area contributed by atoms with Gasteiger partial charge >= 0.3 is 0 Å². The van der Waals surface area contributed by atoms with Crippen molar-refractivity contribution in [2.75, 3.05) is 0 Å². The fourth-order valence-electron chi connectivity index (χ4n) is 2.91. The van der Waals surface area contributed by atoms with Crippen molar-refractivity contribution in [2.24, 2.45) is 0 Å². The van der Waals surface area contributed by atoms with Gasteiger partial charge in [-0.2, -0.15) is 0 Å². The number of aromatic nitrogens is 1. The van der Waals surface area contributed by atoms with Crippen molar-refractivity contribution in [1.82, 2.24) is 5.16 Å². The Labute approximate surface area is 136 Å². The minimum Gasteiger partial charge on any atom is -0.491 e. The smallest absolute Gasteiger partial charge is 0.251 e. The summed E-state index contributed by atoms with van der Waals surface area (Å²) in [5, 5.41) is 12.5. The van der Waals surface area contributed by atoms with Gasteiger partial charge in [-0.3, -0.25) is 0 Å². The van der Waals surface area contributed by atoms with Crippen LogP contribution in [0.2, 0.25) is 0 Å². The van der Waals surface area contributed by atoms with Crippen molar-refractivity contribution in [2.45, 2.75) is 103 Å². The molecule has 0 fully saturated rings. The van der Waals surface area contributed by atoms with Gasteiger partial charge in [0.1, 0.15) is 5.76 Å². The Morgan fingerprint density at radius 2 is 1.23 bits per heavy atom. The molecule has 0 saturated heterocycles. The van der Waals surface area contributed by atoms with E-state index in [9.17, 15) is 0 Å². The highest BCUT2D eigenvalue weighted by Crippen LogP contribution is 2.15. The molecule has 1 aromatic heterocycles. The highest BCUT2D eigenvalue weighted by atomic mass is 16.5. The molecule has 0 aliphatic rings. The number of hydrogen-bond donors (Lipinski definition) is 1. The van der Waals surface area contributed by atoms with E-state index >= 15 is 0 Å². The molecule has 0 unspecified atom stereocenters. The second-order valence-electron chi connectivity index (χ2n) is 6.50. The molecule has 3 heteroatoms. The number of aromatic hydroxyl groups is 1. The second kappa shape index (κ2) is 13.7. The Morgan fingerprint density at radius 3 is 1.64 bits per heavy atom. The van der Waals surface area contributed by atoms with E-state index in [0.717, 1.165) is 18.6 Å². The van der Waals surface area contributed by atoms with Crippen LogP contribution in [-0.4, -0.2) is 10.3 Å². The van der Waals surface area contributed by atoms with Gasteiger partial charge in [-0.05, 0) is 11.6 Å². The molecule has 1 N–H and O–H groups in total. The van der Waals surface area contributed by atoms with Gasteiger partial charge in [0.25, 0.3) is 5.88 Å². The summed E-state index contributed by atoms with van der Waals surface area (Å²) in [5.41, 5.74) is 0. The fourth-order valence-corrected chi connectivity index (χ4v) is 2.91. The van der Waals surface area contributed by atoms with Crippen molar-refractivity contribution < 1.29 is 9.63 Å². The van der Waals surface area contributed by atoms with Crippen LogP contribution < -0.4 is 0 Å². The molecule has 1 heterocycles. The van der Waals surface area contributed by atoms with E-state index in [1.165, 1.54) is 83.5 Å². The van der Waals surface area contributed by atoms with Gasteiger partial charge in [-0.15, -0.1) is 0 Å². The molecular weight excluding hydrogens is 274 g/mol. The predicted octanol–water partition coefficient (Wildman–Crippen LogP) is 6.40. The zero-order valence-corrected chi connectivity index (χ0v) is 14.5. The molecule has 0 atom stereocenters. The van der Waals surface area contributed by atoms with Gasteiger partial charge in [0.2, 0.25) is 0 Å². The molecule has 0 amide bonds. The van der Waals surface area contributed by atoms with E-state index in [-0.39, 0.29) is 5.88 Å². The maximum absolute atomic E-state index is 9.06. The monoisotopic (exact) mass is 309 g/mol. The minimum atomic E-state index is 0.000337. The Morgan fingerprint density at radius 1 is 0.773 bits per heavy atom. The third-order valence-electron chi connectivity index (χ3n) is 4.32. The summed E-state index contributed by atoms with van der Waals surface area (Å²) >= 11 is 0. The molecule has 0 saturated carbocycles. The summed E-state index contributed by atoms with van der Waals surface area (Å²) < 4.78 is 4.98. The first kappa shape index (κ1) is 19.1. The predicted molar refractivity (Wildman–Crippen MR) is 92.2 cm³/mol. The van der Waals surface area contributed by atoms with Crippen LogP contribution in [0.25, 0.3) is 0 Å². The van der Waals surface area contributed by atoms with Gasteiger partial charge in [0.15, 0.2) is 0 Å². The van der Waals surface area contributed by atoms with Gasteiger partial charge in [-0.25, -0.2) is 0 Å². The average Bonchev–Trinajstić information content (AvgIpc) is 2.93. The molecule has 3 nitrogen and oxygen atoms in total. The summed E-state index contributed by atoms with van der Waals surface area (Å²) in [6.45, 7) is 2.28. The quantitative estimate of drug-likeness (QED) is 0.381. The molecule has 22 heavy (non-hydrogen) atoms. The standard InChI is InChI=1S/C19H35NO2/c1-2-3-4-5-6-7-8-9-10-11-12-13-14-15-16-18-17-19(21)20-22-18/h17H,2-16H2,1H3,(H,20,21). The molecular formula is C19H35NO2. The van der Waals surface area contributed by atoms with E-state index in [0.29, 0.717) is 0 Å². The Balaban J connectivity index is 1.73. The number of aryl methyl sites for hydroxylation is 1. The molecule has 1 aromatic rings. The van der Waals surface area contributed by atoms with E-state index in [2.05, 4.69) is 12.1 Å². The van der Waals surface area contributed by atoms with Gasteiger partial charge in [-0.1, -0.05) is 90.4 Å². The van der Waals surface area contributed by atoms with Crippen LogP contribution in [0, 0.1) is 0 Å². The van der Waals surface area contributed by atoms with Crippen molar-refractivity contribution in [1.29, 1.82) is 0 Å². The molecule has 0 bridgehead atoms.